The molecule has 3 rings (SSSR count). The van der Waals surface area contributed by atoms with Crippen LogP contribution in [0.3, 0.4) is 0 Å². The number of anilines is 1. The number of amides is 2. The number of aryl methyl sites for hydroxylation is 2. The fourth-order valence-corrected chi connectivity index (χ4v) is 2.99. The first-order valence-electron chi connectivity index (χ1n) is 8.65. The molecule has 10 nitrogen and oxygen atoms in total. The van der Waals surface area contributed by atoms with E-state index in [4.69, 9.17) is 9.15 Å². The molecule has 2 aromatic rings. The largest absolute Gasteiger partial charge is 0.466 e. The number of hydrogen-bond acceptors (Lipinski definition) is 7. The summed E-state index contributed by atoms with van der Waals surface area (Å²) >= 11 is 0. The van der Waals surface area contributed by atoms with Crippen molar-refractivity contribution in [3.63, 3.8) is 0 Å². The molecule has 0 radical (unpaired) electrons. The minimum atomic E-state index is -0.664. The Hall–Kier alpha value is -3.40. The Kier molecular flexibility index (Phi) is 5.59. The summed E-state index contributed by atoms with van der Waals surface area (Å²) in [7, 11) is 0. The Balaban J connectivity index is 1.72. The standard InChI is InChI=1S/C18H20N4O6/c1-11-9-14(12(2)28-11)18(24)20-19-17(23)13-3-4-15(16(10-13)22(25)26)21-5-7-27-8-6-21/h3-4,9-10H,5-8H2,1-2H3,(H,19,23)(H,20,24). The zero-order chi connectivity index (χ0) is 20.3. The van der Waals surface area contributed by atoms with Crippen LogP contribution in [0.2, 0.25) is 0 Å². The molecular weight excluding hydrogens is 368 g/mol. The molecule has 1 aliphatic heterocycles. The highest BCUT2D eigenvalue weighted by atomic mass is 16.6. The lowest BCUT2D eigenvalue weighted by Crippen LogP contribution is -2.41. The summed E-state index contributed by atoms with van der Waals surface area (Å²) in [5.41, 5.74) is 5.15. The van der Waals surface area contributed by atoms with Crippen molar-refractivity contribution in [3.05, 3.63) is 57.0 Å². The van der Waals surface area contributed by atoms with Crippen molar-refractivity contribution in [2.24, 2.45) is 0 Å². The zero-order valence-electron chi connectivity index (χ0n) is 15.5. The van der Waals surface area contributed by atoms with Gasteiger partial charge in [0.25, 0.3) is 17.5 Å². The number of nitrogens with one attached hydrogen (secondary N) is 2. The van der Waals surface area contributed by atoms with Gasteiger partial charge in [-0.15, -0.1) is 0 Å². The minimum absolute atomic E-state index is 0.0594. The number of nitrogens with zero attached hydrogens (tertiary/aromatic N) is 2. The van der Waals surface area contributed by atoms with E-state index >= 15 is 0 Å². The molecule has 1 fully saturated rings. The number of carbonyl (C=O) groups excluding carboxylic acids is 2. The summed E-state index contributed by atoms with van der Waals surface area (Å²) in [4.78, 5) is 37.2. The van der Waals surface area contributed by atoms with Gasteiger partial charge in [-0.2, -0.15) is 0 Å². The summed E-state index contributed by atoms with van der Waals surface area (Å²) in [6.45, 7) is 5.38. The Morgan fingerprint density at radius 2 is 1.79 bits per heavy atom. The second-order valence-corrected chi connectivity index (χ2v) is 6.30. The van der Waals surface area contributed by atoms with Gasteiger partial charge < -0.3 is 14.1 Å². The molecule has 2 heterocycles. The maximum absolute atomic E-state index is 12.3. The van der Waals surface area contributed by atoms with Crippen LogP contribution in [-0.4, -0.2) is 43.0 Å². The lowest BCUT2D eigenvalue weighted by atomic mass is 10.1. The van der Waals surface area contributed by atoms with Crippen molar-refractivity contribution in [3.8, 4) is 0 Å². The quantitative estimate of drug-likeness (QED) is 0.603. The van der Waals surface area contributed by atoms with Gasteiger partial charge >= 0.3 is 0 Å². The molecule has 1 aromatic heterocycles. The second-order valence-electron chi connectivity index (χ2n) is 6.30. The van der Waals surface area contributed by atoms with Crippen molar-refractivity contribution in [2.45, 2.75) is 13.8 Å². The SMILES string of the molecule is Cc1cc(C(=O)NNC(=O)c2ccc(N3CCOCC3)c([N+](=O)[O-])c2)c(C)o1. The van der Waals surface area contributed by atoms with Crippen molar-refractivity contribution in [2.75, 3.05) is 31.2 Å². The maximum atomic E-state index is 12.3. The van der Waals surface area contributed by atoms with Gasteiger partial charge in [0.15, 0.2) is 0 Å². The molecule has 10 heteroatoms. The van der Waals surface area contributed by atoms with E-state index in [2.05, 4.69) is 10.9 Å². The Labute approximate surface area is 160 Å². The Morgan fingerprint density at radius 1 is 1.11 bits per heavy atom. The topological polar surface area (TPSA) is 127 Å². The molecule has 1 aliphatic rings. The van der Waals surface area contributed by atoms with Gasteiger partial charge in [0.05, 0.1) is 23.7 Å². The number of morpholine rings is 1. The molecule has 148 valence electrons. The van der Waals surface area contributed by atoms with E-state index in [0.717, 1.165) is 0 Å². The third kappa shape index (κ3) is 4.12. The van der Waals surface area contributed by atoms with Gasteiger partial charge in [0.2, 0.25) is 0 Å². The number of hydrogen-bond donors (Lipinski definition) is 2. The third-order valence-electron chi connectivity index (χ3n) is 4.36. The predicted octanol–water partition coefficient (Wildman–Crippen LogP) is 1.72. The van der Waals surface area contributed by atoms with Crippen LogP contribution in [0.25, 0.3) is 0 Å². The predicted molar refractivity (Wildman–Crippen MR) is 99.2 cm³/mol. The number of hydrazine groups is 1. The first-order chi connectivity index (χ1) is 13.4. The van der Waals surface area contributed by atoms with Crippen molar-refractivity contribution in [1.82, 2.24) is 10.9 Å². The molecule has 0 unspecified atom stereocenters. The van der Waals surface area contributed by atoms with Gasteiger partial charge in [0, 0.05) is 24.7 Å². The number of furan rings is 1. The highest BCUT2D eigenvalue weighted by Gasteiger charge is 2.23. The number of nitro groups is 1. The molecule has 1 saturated heterocycles. The van der Waals surface area contributed by atoms with Gasteiger partial charge in [-0.3, -0.25) is 30.6 Å². The van der Waals surface area contributed by atoms with Crippen molar-refractivity contribution < 1.29 is 23.7 Å². The number of carbonyl (C=O) groups is 2. The minimum Gasteiger partial charge on any atom is -0.466 e. The second kappa shape index (κ2) is 8.09. The van der Waals surface area contributed by atoms with Crippen LogP contribution >= 0.6 is 0 Å². The lowest BCUT2D eigenvalue weighted by molar-refractivity contribution is -0.384. The normalized spacial score (nSPS) is 13.9. The number of rotatable bonds is 4. The number of ether oxygens (including phenoxy) is 1. The Morgan fingerprint density at radius 3 is 2.39 bits per heavy atom. The van der Waals surface area contributed by atoms with Crippen LogP contribution < -0.4 is 15.8 Å². The van der Waals surface area contributed by atoms with Crippen LogP contribution in [0, 0.1) is 24.0 Å². The average molecular weight is 388 g/mol. The van der Waals surface area contributed by atoms with Gasteiger partial charge in [-0.05, 0) is 32.0 Å². The summed E-state index contributed by atoms with van der Waals surface area (Å²) in [5, 5.41) is 11.5. The molecule has 1 aromatic carbocycles. The number of benzene rings is 1. The first kappa shape index (κ1) is 19.4. The molecule has 0 aliphatic carbocycles. The van der Waals surface area contributed by atoms with Crippen LogP contribution in [0.15, 0.2) is 28.7 Å². The molecule has 2 amide bonds. The van der Waals surface area contributed by atoms with E-state index < -0.39 is 16.7 Å². The van der Waals surface area contributed by atoms with E-state index in [9.17, 15) is 19.7 Å². The van der Waals surface area contributed by atoms with E-state index in [1.54, 1.807) is 19.9 Å². The van der Waals surface area contributed by atoms with Crippen LogP contribution in [0.4, 0.5) is 11.4 Å². The summed E-state index contributed by atoms with van der Waals surface area (Å²) in [6.07, 6.45) is 0. The van der Waals surface area contributed by atoms with Crippen molar-refractivity contribution >= 4 is 23.2 Å². The van der Waals surface area contributed by atoms with Crippen molar-refractivity contribution in [1.29, 1.82) is 0 Å². The number of nitro benzene ring substituents is 1. The van der Waals surface area contributed by atoms with E-state index in [1.807, 2.05) is 4.90 Å². The summed E-state index contributed by atoms with van der Waals surface area (Å²) < 4.78 is 10.5. The third-order valence-corrected chi connectivity index (χ3v) is 4.36. The smallest absolute Gasteiger partial charge is 0.293 e. The van der Waals surface area contributed by atoms with Gasteiger partial charge in [-0.1, -0.05) is 0 Å². The summed E-state index contributed by atoms with van der Waals surface area (Å²) in [5.74, 6) is -0.206. The van der Waals surface area contributed by atoms with Gasteiger partial charge in [0.1, 0.15) is 17.2 Å². The highest BCUT2D eigenvalue weighted by Crippen LogP contribution is 2.29. The zero-order valence-corrected chi connectivity index (χ0v) is 15.5. The van der Waals surface area contributed by atoms with E-state index in [-0.39, 0.29) is 11.3 Å². The van der Waals surface area contributed by atoms with Crippen LogP contribution in [0.5, 0.6) is 0 Å². The fraction of sp³-hybridized carbons (Fsp3) is 0.333. The average Bonchev–Trinajstić information content (AvgIpc) is 3.04. The molecule has 28 heavy (non-hydrogen) atoms. The molecule has 0 spiro atoms. The molecule has 0 bridgehead atoms. The summed E-state index contributed by atoms with van der Waals surface area (Å²) in [6, 6.07) is 5.76. The molecule has 2 N–H and O–H groups in total. The van der Waals surface area contributed by atoms with E-state index in [0.29, 0.717) is 49.1 Å². The monoisotopic (exact) mass is 388 g/mol. The van der Waals surface area contributed by atoms with E-state index in [1.165, 1.54) is 18.2 Å². The Bertz CT molecular complexity index is 917. The molecular formula is C18H20N4O6. The molecule has 0 atom stereocenters. The maximum Gasteiger partial charge on any atom is 0.293 e. The molecule has 0 saturated carbocycles. The fourth-order valence-electron chi connectivity index (χ4n) is 2.99. The van der Waals surface area contributed by atoms with Crippen LogP contribution in [0.1, 0.15) is 32.2 Å². The van der Waals surface area contributed by atoms with Crippen LogP contribution in [-0.2, 0) is 4.74 Å². The van der Waals surface area contributed by atoms with Gasteiger partial charge in [-0.25, -0.2) is 0 Å². The lowest BCUT2D eigenvalue weighted by Gasteiger charge is -2.28. The highest BCUT2D eigenvalue weighted by molar-refractivity contribution is 6.00. The first-order valence-corrected chi connectivity index (χ1v) is 8.65.